The highest BCUT2D eigenvalue weighted by molar-refractivity contribution is 5.94. The summed E-state index contributed by atoms with van der Waals surface area (Å²) in [6.07, 6.45) is 0.719. The van der Waals surface area contributed by atoms with E-state index < -0.39 is 5.41 Å². The van der Waals surface area contributed by atoms with Crippen molar-refractivity contribution in [3.63, 3.8) is 0 Å². The summed E-state index contributed by atoms with van der Waals surface area (Å²) in [6, 6.07) is 5.09. The number of rotatable bonds is 4. The van der Waals surface area contributed by atoms with Crippen LogP contribution in [0.25, 0.3) is 0 Å². The number of esters is 1. The SMILES string of the molecule is CCC(C)(C)C(=O)Oc1ccc(C(C)=O)cc1C. The highest BCUT2D eigenvalue weighted by atomic mass is 16.5. The lowest BCUT2D eigenvalue weighted by atomic mass is 9.90. The van der Waals surface area contributed by atoms with Gasteiger partial charge < -0.3 is 4.74 Å². The van der Waals surface area contributed by atoms with Crippen LogP contribution >= 0.6 is 0 Å². The predicted molar refractivity (Wildman–Crippen MR) is 70.9 cm³/mol. The number of aryl methyl sites for hydroxylation is 1. The van der Waals surface area contributed by atoms with Crippen LogP contribution in [0.4, 0.5) is 0 Å². The monoisotopic (exact) mass is 248 g/mol. The van der Waals surface area contributed by atoms with E-state index in [4.69, 9.17) is 4.74 Å². The van der Waals surface area contributed by atoms with Gasteiger partial charge in [0.05, 0.1) is 5.41 Å². The summed E-state index contributed by atoms with van der Waals surface area (Å²) in [5, 5.41) is 0. The van der Waals surface area contributed by atoms with Gasteiger partial charge in [0.15, 0.2) is 5.78 Å². The Kier molecular flexibility index (Phi) is 4.28. The third kappa shape index (κ3) is 3.19. The van der Waals surface area contributed by atoms with Gasteiger partial charge in [-0.15, -0.1) is 0 Å². The Hall–Kier alpha value is -1.64. The molecule has 0 amide bonds. The average molecular weight is 248 g/mol. The Morgan fingerprint density at radius 3 is 2.33 bits per heavy atom. The smallest absolute Gasteiger partial charge is 0.316 e. The van der Waals surface area contributed by atoms with Crippen LogP contribution in [0.2, 0.25) is 0 Å². The molecule has 0 radical (unpaired) electrons. The van der Waals surface area contributed by atoms with Crippen molar-refractivity contribution in [2.24, 2.45) is 5.41 Å². The Morgan fingerprint density at radius 2 is 1.89 bits per heavy atom. The van der Waals surface area contributed by atoms with Crippen LogP contribution in [0.5, 0.6) is 5.75 Å². The molecule has 1 aromatic carbocycles. The van der Waals surface area contributed by atoms with E-state index in [1.54, 1.807) is 18.2 Å². The molecule has 1 rings (SSSR count). The number of benzene rings is 1. The van der Waals surface area contributed by atoms with Gasteiger partial charge in [0.2, 0.25) is 0 Å². The van der Waals surface area contributed by atoms with Crippen molar-refractivity contribution in [2.45, 2.75) is 41.0 Å². The molecule has 1 aromatic rings. The topological polar surface area (TPSA) is 43.4 Å². The number of carbonyl (C=O) groups is 2. The van der Waals surface area contributed by atoms with Gasteiger partial charge in [0, 0.05) is 5.56 Å². The third-order valence-corrected chi connectivity index (χ3v) is 3.22. The molecule has 0 N–H and O–H groups in total. The van der Waals surface area contributed by atoms with Crippen molar-refractivity contribution >= 4 is 11.8 Å². The zero-order chi connectivity index (χ0) is 13.9. The first-order valence-electron chi connectivity index (χ1n) is 6.12. The molecule has 0 bridgehead atoms. The largest absolute Gasteiger partial charge is 0.426 e. The zero-order valence-electron chi connectivity index (χ0n) is 11.7. The van der Waals surface area contributed by atoms with E-state index >= 15 is 0 Å². The van der Waals surface area contributed by atoms with Crippen molar-refractivity contribution < 1.29 is 14.3 Å². The second kappa shape index (κ2) is 5.34. The first-order chi connectivity index (χ1) is 8.27. The minimum Gasteiger partial charge on any atom is -0.426 e. The molecule has 0 saturated carbocycles. The maximum Gasteiger partial charge on any atom is 0.316 e. The molecular weight excluding hydrogens is 228 g/mol. The minimum absolute atomic E-state index is 0.00450. The molecule has 0 aliphatic carbocycles. The number of hydrogen-bond acceptors (Lipinski definition) is 3. The van der Waals surface area contributed by atoms with Crippen LogP contribution < -0.4 is 4.74 Å². The minimum atomic E-state index is -0.494. The van der Waals surface area contributed by atoms with Gasteiger partial charge in [0.1, 0.15) is 5.75 Å². The van der Waals surface area contributed by atoms with Gasteiger partial charge in [-0.25, -0.2) is 0 Å². The fourth-order valence-corrected chi connectivity index (χ4v) is 1.37. The van der Waals surface area contributed by atoms with Crippen LogP contribution in [-0.2, 0) is 4.79 Å². The molecule has 0 aliphatic rings. The van der Waals surface area contributed by atoms with Crippen LogP contribution in [-0.4, -0.2) is 11.8 Å². The van der Waals surface area contributed by atoms with Crippen molar-refractivity contribution in [1.29, 1.82) is 0 Å². The standard InChI is InChI=1S/C15H20O3/c1-6-15(4,5)14(17)18-13-8-7-12(11(3)16)9-10(13)2/h7-9H,6H2,1-5H3. The molecule has 0 fully saturated rings. The predicted octanol–water partition coefficient (Wildman–Crippen LogP) is 3.54. The van der Waals surface area contributed by atoms with Crippen molar-refractivity contribution in [3.8, 4) is 5.75 Å². The fourth-order valence-electron chi connectivity index (χ4n) is 1.37. The maximum atomic E-state index is 11.9. The molecule has 0 aromatic heterocycles. The van der Waals surface area contributed by atoms with E-state index in [1.165, 1.54) is 6.92 Å². The summed E-state index contributed by atoms with van der Waals surface area (Å²) in [5.41, 5.74) is 0.927. The lowest BCUT2D eigenvalue weighted by Crippen LogP contribution is -2.28. The summed E-state index contributed by atoms with van der Waals surface area (Å²) >= 11 is 0. The van der Waals surface area contributed by atoms with Crippen LogP contribution in [0, 0.1) is 12.3 Å². The van der Waals surface area contributed by atoms with Crippen molar-refractivity contribution in [3.05, 3.63) is 29.3 Å². The first-order valence-corrected chi connectivity index (χ1v) is 6.12. The molecule has 3 heteroatoms. The zero-order valence-corrected chi connectivity index (χ0v) is 11.7. The number of ether oxygens (including phenoxy) is 1. The van der Waals surface area contributed by atoms with E-state index in [0.717, 1.165) is 12.0 Å². The maximum absolute atomic E-state index is 11.9. The molecule has 18 heavy (non-hydrogen) atoms. The first kappa shape index (κ1) is 14.4. The Balaban J connectivity index is 2.93. The summed E-state index contributed by atoms with van der Waals surface area (Å²) in [7, 11) is 0. The van der Waals surface area contributed by atoms with Gasteiger partial charge in [0.25, 0.3) is 0 Å². The third-order valence-electron chi connectivity index (χ3n) is 3.22. The molecule has 0 saturated heterocycles. The van der Waals surface area contributed by atoms with Crippen molar-refractivity contribution in [2.75, 3.05) is 0 Å². The van der Waals surface area contributed by atoms with Crippen LogP contribution in [0.1, 0.15) is 50.0 Å². The molecule has 0 heterocycles. The Labute approximate surface area is 108 Å². The lowest BCUT2D eigenvalue weighted by molar-refractivity contribution is -0.144. The number of carbonyl (C=O) groups excluding carboxylic acids is 2. The van der Waals surface area contributed by atoms with E-state index in [0.29, 0.717) is 11.3 Å². The van der Waals surface area contributed by atoms with Crippen LogP contribution in [0.15, 0.2) is 18.2 Å². The second-order valence-electron chi connectivity index (χ2n) is 5.16. The normalized spacial score (nSPS) is 11.2. The van der Waals surface area contributed by atoms with Crippen LogP contribution in [0.3, 0.4) is 0 Å². The number of ketones is 1. The van der Waals surface area contributed by atoms with Gasteiger partial charge in [-0.05, 0) is 57.9 Å². The van der Waals surface area contributed by atoms with E-state index in [-0.39, 0.29) is 11.8 Å². The Morgan fingerprint density at radius 1 is 1.28 bits per heavy atom. The van der Waals surface area contributed by atoms with Gasteiger partial charge in [-0.3, -0.25) is 9.59 Å². The average Bonchev–Trinajstić information content (AvgIpc) is 2.31. The van der Waals surface area contributed by atoms with Gasteiger partial charge in [-0.2, -0.15) is 0 Å². The fraction of sp³-hybridized carbons (Fsp3) is 0.467. The van der Waals surface area contributed by atoms with Crippen molar-refractivity contribution in [1.82, 2.24) is 0 Å². The second-order valence-corrected chi connectivity index (χ2v) is 5.16. The molecule has 98 valence electrons. The van der Waals surface area contributed by atoms with E-state index in [9.17, 15) is 9.59 Å². The molecule has 3 nitrogen and oxygen atoms in total. The summed E-state index contributed by atoms with van der Waals surface area (Å²) in [4.78, 5) is 23.2. The quantitative estimate of drug-likeness (QED) is 0.465. The molecular formula is C15H20O3. The molecule has 0 spiro atoms. The van der Waals surface area contributed by atoms with E-state index in [2.05, 4.69) is 0 Å². The lowest BCUT2D eigenvalue weighted by Gasteiger charge is -2.20. The highest BCUT2D eigenvalue weighted by Gasteiger charge is 2.28. The molecule has 0 aliphatic heterocycles. The summed E-state index contributed by atoms with van der Waals surface area (Å²) in [6.45, 7) is 9.00. The Bertz CT molecular complexity index is 473. The molecule has 0 atom stereocenters. The number of hydrogen-bond donors (Lipinski definition) is 0. The summed E-state index contributed by atoms with van der Waals surface area (Å²) in [5.74, 6) is 0.278. The van der Waals surface area contributed by atoms with Gasteiger partial charge in [-0.1, -0.05) is 6.92 Å². The van der Waals surface area contributed by atoms with E-state index in [1.807, 2.05) is 27.7 Å². The van der Waals surface area contributed by atoms with Gasteiger partial charge >= 0.3 is 5.97 Å². The highest BCUT2D eigenvalue weighted by Crippen LogP contribution is 2.26. The summed E-state index contributed by atoms with van der Waals surface area (Å²) < 4.78 is 5.39. The number of Topliss-reactive ketones (excluding diaryl/α,β-unsaturated/α-hetero) is 1. The molecule has 0 unspecified atom stereocenters.